The smallest absolute Gasteiger partial charge is 0.143 e. The molecule has 1 unspecified atom stereocenters. The summed E-state index contributed by atoms with van der Waals surface area (Å²) in [5.41, 5.74) is -1.01. The third-order valence-electron chi connectivity index (χ3n) is 2.48. The van der Waals surface area contributed by atoms with E-state index in [1.165, 1.54) is 11.3 Å². The van der Waals surface area contributed by atoms with Crippen LogP contribution in [-0.4, -0.2) is 5.11 Å². The number of hydrogen-bond acceptors (Lipinski definition) is 2. The molecule has 1 aromatic heterocycles. The molecule has 0 radical (unpaired) electrons. The molecular formula is C12H10BrFOS. The summed E-state index contributed by atoms with van der Waals surface area (Å²) < 4.78 is 14.2. The number of aliphatic hydroxyl groups is 1. The monoisotopic (exact) mass is 300 g/mol. The first-order chi connectivity index (χ1) is 7.53. The normalized spacial score (nSPS) is 14.8. The molecule has 0 aliphatic rings. The fourth-order valence-corrected chi connectivity index (χ4v) is 2.73. The summed E-state index contributed by atoms with van der Waals surface area (Å²) in [7, 11) is 0. The maximum Gasteiger partial charge on any atom is 0.143 e. The SMILES string of the molecule is CC(O)(c1cccs1)c1cccc(Br)c1F. The first kappa shape index (κ1) is 11.8. The number of benzene rings is 1. The van der Waals surface area contributed by atoms with Gasteiger partial charge >= 0.3 is 0 Å². The van der Waals surface area contributed by atoms with Crippen molar-refractivity contribution in [1.29, 1.82) is 0 Å². The predicted molar refractivity (Wildman–Crippen MR) is 67.1 cm³/mol. The van der Waals surface area contributed by atoms with E-state index in [1.54, 1.807) is 31.2 Å². The fourth-order valence-electron chi connectivity index (χ4n) is 1.57. The molecule has 1 atom stereocenters. The Morgan fingerprint density at radius 3 is 2.69 bits per heavy atom. The number of halogens is 2. The van der Waals surface area contributed by atoms with E-state index in [2.05, 4.69) is 15.9 Å². The standard InChI is InChI=1S/C12H10BrFOS/c1-12(15,10-6-3-7-16-10)8-4-2-5-9(13)11(8)14/h2-7,15H,1H3. The van der Waals surface area contributed by atoms with E-state index < -0.39 is 11.4 Å². The third-order valence-corrected chi connectivity index (χ3v) is 4.17. The molecule has 0 aliphatic heterocycles. The van der Waals surface area contributed by atoms with E-state index in [0.717, 1.165) is 4.88 Å². The van der Waals surface area contributed by atoms with Gasteiger partial charge in [0.1, 0.15) is 11.4 Å². The van der Waals surface area contributed by atoms with Crippen LogP contribution in [0.2, 0.25) is 0 Å². The minimum atomic E-state index is -1.29. The lowest BCUT2D eigenvalue weighted by atomic mass is 9.94. The Hall–Kier alpha value is -0.710. The lowest BCUT2D eigenvalue weighted by Gasteiger charge is -2.23. The van der Waals surface area contributed by atoms with Crippen molar-refractivity contribution in [3.8, 4) is 0 Å². The van der Waals surface area contributed by atoms with Gasteiger partial charge in [-0.05, 0) is 40.4 Å². The average molecular weight is 301 g/mol. The van der Waals surface area contributed by atoms with E-state index in [9.17, 15) is 9.50 Å². The molecule has 0 spiro atoms. The maximum atomic E-state index is 13.9. The largest absolute Gasteiger partial charge is 0.380 e. The highest BCUT2D eigenvalue weighted by atomic mass is 79.9. The Bertz CT molecular complexity index is 494. The Kier molecular flexibility index (Phi) is 3.15. The lowest BCUT2D eigenvalue weighted by molar-refractivity contribution is 0.102. The van der Waals surface area contributed by atoms with Crippen LogP contribution in [0.3, 0.4) is 0 Å². The van der Waals surface area contributed by atoms with Crippen molar-refractivity contribution in [3.05, 3.63) is 56.4 Å². The molecule has 1 N–H and O–H groups in total. The highest BCUT2D eigenvalue weighted by molar-refractivity contribution is 9.10. The molecule has 0 fully saturated rings. The number of thiophene rings is 1. The van der Waals surface area contributed by atoms with Gasteiger partial charge in [0.25, 0.3) is 0 Å². The third kappa shape index (κ3) is 1.93. The summed E-state index contributed by atoms with van der Waals surface area (Å²) in [4.78, 5) is 0.726. The molecule has 0 aliphatic carbocycles. The van der Waals surface area contributed by atoms with Gasteiger partial charge in [0.05, 0.1) is 4.47 Å². The second kappa shape index (κ2) is 4.28. The van der Waals surface area contributed by atoms with Gasteiger partial charge in [0.15, 0.2) is 0 Å². The second-order valence-electron chi connectivity index (χ2n) is 3.65. The molecule has 1 nitrogen and oxygen atoms in total. The van der Waals surface area contributed by atoms with Crippen molar-refractivity contribution in [1.82, 2.24) is 0 Å². The van der Waals surface area contributed by atoms with E-state index >= 15 is 0 Å². The summed E-state index contributed by atoms with van der Waals surface area (Å²) in [5, 5.41) is 12.3. The molecule has 1 heterocycles. The minimum Gasteiger partial charge on any atom is -0.380 e. The summed E-state index contributed by atoms with van der Waals surface area (Å²) in [6.07, 6.45) is 0. The molecule has 0 amide bonds. The average Bonchev–Trinajstić information content (AvgIpc) is 2.75. The highest BCUT2D eigenvalue weighted by Gasteiger charge is 2.30. The minimum absolute atomic E-state index is 0.282. The van der Waals surface area contributed by atoms with Crippen molar-refractivity contribution in [2.24, 2.45) is 0 Å². The molecule has 84 valence electrons. The molecular weight excluding hydrogens is 291 g/mol. The first-order valence-corrected chi connectivity index (χ1v) is 6.41. The van der Waals surface area contributed by atoms with Gasteiger partial charge < -0.3 is 5.11 Å². The summed E-state index contributed by atoms with van der Waals surface area (Å²) in [5.74, 6) is -0.416. The zero-order chi connectivity index (χ0) is 11.8. The van der Waals surface area contributed by atoms with Gasteiger partial charge in [-0.3, -0.25) is 0 Å². The molecule has 0 bridgehead atoms. The van der Waals surface area contributed by atoms with E-state index in [1.807, 2.05) is 11.4 Å². The van der Waals surface area contributed by atoms with Gasteiger partial charge in [-0.25, -0.2) is 4.39 Å². The molecule has 16 heavy (non-hydrogen) atoms. The summed E-state index contributed by atoms with van der Waals surface area (Å²) >= 11 is 4.53. The Morgan fingerprint density at radius 2 is 2.06 bits per heavy atom. The van der Waals surface area contributed by atoms with Crippen LogP contribution in [0, 0.1) is 5.82 Å². The van der Waals surface area contributed by atoms with Gasteiger partial charge in [0, 0.05) is 10.4 Å². The van der Waals surface area contributed by atoms with Gasteiger partial charge in [-0.15, -0.1) is 11.3 Å². The van der Waals surface area contributed by atoms with Gasteiger partial charge in [-0.2, -0.15) is 0 Å². The molecule has 2 rings (SSSR count). The molecule has 4 heteroatoms. The van der Waals surface area contributed by atoms with Crippen molar-refractivity contribution < 1.29 is 9.50 Å². The predicted octanol–water partition coefficient (Wildman–Crippen LogP) is 3.91. The molecule has 0 saturated carbocycles. The van der Waals surface area contributed by atoms with Crippen molar-refractivity contribution in [2.75, 3.05) is 0 Å². The van der Waals surface area contributed by atoms with E-state index in [-0.39, 0.29) is 5.56 Å². The van der Waals surface area contributed by atoms with Crippen molar-refractivity contribution >= 4 is 27.3 Å². The van der Waals surface area contributed by atoms with Crippen LogP contribution >= 0.6 is 27.3 Å². The quantitative estimate of drug-likeness (QED) is 0.892. The van der Waals surface area contributed by atoms with E-state index in [0.29, 0.717) is 4.47 Å². The number of hydrogen-bond donors (Lipinski definition) is 1. The van der Waals surface area contributed by atoms with Crippen molar-refractivity contribution in [3.63, 3.8) is 0 Å². The fraction of sp³-hybridized carbons (Fsp3) is 0.167. The summed E-state index contributed by atoms with van der Waals surface area (Å²) in [6, 6.07) is 8.56. The zero-order valence-corrected chi connectivity index (χ0v) is 11.0. The molecule has 2 aromatic rings. The van der Waals surface area contributed by atoms with Crippen LogP contribution < -0.4 is 0 Å². The lowest BCUT2D eigenvalue weighted by Crippen LogP contribution is -2.23. The molecule has 1 aromatic carbocycles. The van der Waals surface area contributed by atoms with Crippen LogP contribution in [-0.2, 0) is 5.60 Å². The van der Waals surface area contributed by atoms with Crippen molar-refractivity contribution in [2.45, 2.75) is 12.5 Å². The Morgan fingerprint density at radius 1 is 1.31 bits per heavy atom. The van der Waals surface area contributed by atoms with Crippen LogP contribution in [0.15, 0.2) is 40.2 Å². The van der Waals surface area contributed by atoms with Crippen LogP contribution in [0.5, 0.6) is 0 Å². The highest BCUT2D eigenvalue weighted by Crippen LogP contribution is 2.35. The summed E-state index contributed by atoms with van der Waals surface area (Å²) in [6.45, 7) is 1.60. The zero-order valence-electron chi connectivity index (χ0n) is 8.58. The van der Waals surface area contributed by atoms with Crippen LogP contribution in [0.1, 0.15) is 17.4 Å². The van der Waals surface area contributed by atoms with Gasteiger partial charge in [0.2, 0.25) is 0 Å². The molecule has 0 saturated heterocycles. The van der Waals surface area contributed by atoms with Gasteiger partial charge in [-0.1, -0.05) is 18.2 Å². The Balaban J connectivity index is 2.56. The Labute approximate surface area is 106 Å². The maximum absolute atomic E-state index is 13.9. The van der Waals surface area contributed by atoms with Crippen LogP contribution in [0.4, 0.5) is 4.39 Å². The second-order valence-corrected chi connectivity index (χ2v) is 5.45. The number of rotatable bonds is 2. The topological polar surface area (TPSA) is 20.2 Å². The van der Waals surface area contributed by atoms with Crippen LogP contribution in [0.25, 0.3) is 0 Å². The van der Waals surface area contributed by atoms with E-state index in [4.69, 9.17) is 0 Å². The first-order valence-electron chi connectivity index (χ1n) is 4.74.